The Hall–Kier alpha value is -0.770. The fourth-order valence-electron chi connectivity index (χ4n) is 2.06. The molecule has 1 heterocycles. The van der Waals surface area contributed by atoms with Crippen molar-refractivity contribution in [2.24, 2.45) is 11.7 Å². The van der Waals surface area contributed by atoms with Gasteiger partial charge < -0.3 is 15.2 Å². The van der Waals surface area contributed by atoms with Gasteiger partial charge in [-0.2, -0.15) is 0 Å². The first-order valence-electron chi connectivity index (χ1n) is 5.39. The van der Waals surface area contributed by atoms with Gasteiger partial charge in [-0.05, 0) is 24.6 Å². The standard InChI is InChI=1S/C12H16ClNO2/c1-15-11-3-2-9(13)6-10(11)12(14)8-4-5-16-7-8/h2-3,6,8,12H,4-5,7,14H2,1H3. The van der Waals surface area contributed by atoms with Gasteiger partial charge in [0, 0.05) is 29.2 Å². The van der Waals surface area contributed by atoms with Crippen LogP contribution >= 0.6 is 11.6 Å². The molecule has 2 rings (SSSR count). The summed E-state index contributed by atoms with van der Waals surface area (Å²) in [5, 5.41) is 0.685. The molecule has 2 N–H and O–H groups in total. The molecule has 88 valence electrons. The maximum atomic E-state index is 6.23. The van der Waals surface area contributed by atoms with E-state index in [9.17, 15) is 0 Å². The van der Waals surface area contributed by atoms with Crippen LogP contribution in [-0.4, -0.2) is 20.3 Å². The SMILES string of the molecule is COc1ccc(Cl)cc1C(N)C1CCOC1. The molecule has 0 bridgehead atoms. The van der Waals surface area contributed by atoms with Crippen LogP contribution in [0.15, 0.2) is 18.2 Å². The number of benzene rings is 1. The first-order chi connectivity index (χ1) is 7.72. The fraction of sp³-hybridized carbons (Fsp3) is 0.500. The summed E-state index contributed by atoms with van der Waals surface area (Å²) in [6.07, 6.45) is 0.997. The van der Waals surface area contributed by atoms with Crippen LogP contribution in [0.1, 0.15) is 18.0 Å². The molecular formula is C12H16ClNO2. The van der Waals surface area contributed by atoms with Crippen LogP contribution in [0.3, 0.4) is 0 Å². The number of hydrogen-bond acceptors (Lipinski definition) is 3. The minimum absolute atomic E-state index is 0.0730. The van der Waals surface area contributed by atoms with Crippen molar-refractivity contribution in [1.82, 2.24) is 0 Å². The lowest BCUT2D eigenvalue weighted by Crippen LogP contribution is -2.22. The zero-order valence-corrected chi connectivity index (χ0v) is 10.0. The van der Waals surface area contributed by atoms with Crippen molar-refractivity contribution in [3.05, 3.63) is 28.8 Å². The predicted molar refractivity (Wildman–Crippen MR) is 63.9 cm³/mol. The largest absolute Gasteiger partial charge is 0.496 e. The third-order valence-electron chi connectivity index (χ3n) is 3.02. The van der Waals surface area contributed by atoms with E-state index >= 15 is 0 Å². The highest BCUT2D eigenvalue weighted by molar-refractivity contribution is 6.30. The molecule has 0 aromatic heterocycles. The van der Waals surface area contributed by atoms with E-state index in [0.717, 1.165) is 30.9 Å². The molecule has 1 aromatic carbocycles. The van der Waals surface area contributed by atoms with Crippen LogP contribution in [-0.2, 0) is 4.74 Å². The summed E-state index contributed by atoms with van der Waals surface area (Å²) in [5.74, 6) is 1.15. The van der Waals surface area contributed by atoms with E-state index in [-0.39, 0.29) is 6.04 Å². The highest BCUT2D eigenvalue weighted by atomic mass is 35.5. The number of hydrogen-bond donors (Lipinski definition) is 1. The summed E-state index contributed by atoms with van der Waals surface area (Å²) in [6.45, 7) is 1.51. The van der Waals surface area contributed by atoms with Crippen molar-refractivity contribution < 1.29 is 9.47 Å². The van der Waals surface area contributed by atoms with Crippen molar-refractivity contribution in [2.45, 2.75) is 12.5 Å². The Morgan fingerprint density at radius 1 is 1.56 bits per heavy atom. The summed E-state index contributed by atoms with van der Waals surface area (Å²) in [4.78, 5) is 0. The van der Waals surface area contributed by atoms with Gasteiger partial charge in [0.2, 0.25) is 0 Å². The Bertz CT molecular complexity index is 364. The second-order valence-corrected chi connectivity index (χ2v) is 4.47. The smallest absolute Gasteiger partial charge is 0.123 e. The zero-order valence-electron chi connectivity index (χ0n) is 9.28. The second-order valence-electron chi connectivity index (χ2n) is 4.04. The van der Waals surface area contributed by atoms with Gasteiger partial charge in [0.15, 0.2) is 0 Å². The van der Waals surface area contributed by atoms with E-state index < -0.39 is 0 Å². The van der Waals surface area contributed by atoms with Crippen molar-refractivity contribution in [1.29, 1.82) is 0 Å². The Morgan fingerprint density at radius 3 is 3.00 bits per heavy atom. The van der Waals surface area contributed by atoms with Crippen molar-refractivity contribution in [3.8, 4) is 5.75 Å². The molecule has 1 aliphatic rings. The maximum Gasteiger partial charge on any atom is 0.123 e. The zero-order chi connectivity index (χ0) is 11.5. The molecule has 1 saturated heterocycles. The number of nitrogens with two attached hydrogens (primary N) is 1. The number of halogens is 1. The third-order valence-corrected chi connectivity index (χ3v) is 3.26. The average molecular weight is 242 g/mol. The molecule has 2 atom stereocenters. The van der Waals surface area contributed by atoms with Crippen molar-refractivity contribution >= 4 is 11.6 Å². The molecule has 1 aliphatic heterocycles. The lowest BCUT2D eigenvalue weighted by atomic mass is 9.92. The van der Waals surface area contributed by atoms with E-state index in [1.807, 2.05) is 18.2 Å². The van der Waals surface area contributed by atoms with Crippen LogP contribution in [0.25, 0.3) is 0 Å². The molecule has 0 spiro atoms. The Kier molecular flexibility index (Phi) is 3.69. The van der Waals surface area contributed by atoms with Gasteiger partial charge in [-0.3, -0.25) is 0 Å². The molecule has 0 saturated carbocycles. The number of ether oxygens (including phenoxy) is 2. The fourth-order valence-corrected chi connectivity index (χ4v) is 2.24. The molecule has 0 amide bonds. The Morgan fingerprint density at radius 2 is 2.38 bits per heavy atom. The van der Waals surface area contributed by atoms with Gasteiger partial charge >= 0.3 is 0 Å². The van der Waals surface area contributed by atoms with E-state index in [1.54, 1.807) is 7.11 Å². The van der Waals surface area contributed by atoms with E-state index in [1.165, 1.54) is 0 Å². The Labute approximate surface area is 100 Å². The van der Waals surface area contributed by atoms with E-state index in [2.05, 4.69) is 0 Å². The van der Waals surface area contributed by atoms with Gasteiger partial charge in [0.05, 0.1) is 13.7 Å². The number of methoxy groups -OCH3 is 1. The van der Waals surface area contributed by atoms with Gasteiger partial charge in [-0.25, -0.2) is 0 Å². The first-order valence-corrected chi connectivity index (χ1v) is 5.77. The van der Waals surface area contributed by atoms with Crippen LogP contribution in [0.2, 0.25) is 5.02 Å². The minimum Gasteiger partial charge on any atom is -0.496 e. The van der Waals surface area contributed by atoms with Crippen LogP contribution in [0.5, 0.6) is 5.75 Å². The first kappa shape index (κ1) is 11.7. The van der Waals surface area contributed by atoms with Crippen LogP contribution in [0.4, 0.5) is 0 Å². The summed E-state index contributed by atoms with van der Waals surface area (Å²) < 4.78 is 10.7. The lowest BCUT2D eigenvalue weighted by molar-refractivity contribution is 0.180. The molecule has 1 aromatic rings. The average Bonchev–Trinajstić information content (AvgIpc) is 2.81. The van der Waals surface area contributed by atoms with Crippen LogP contribution < -0.4 is 10.5 Å². The van der Waals surface area contributed by atoms with E-state index in [4.69, 9.17) is 26.8 Å². The van der Waals surface area contributed by atoms with Gasteiger partial charge in [-0.15, -0.1) is 0 Å². The molecule has 2 unspecified atom stereocenters. The Balaban J connectivity index is 2.26. The highest BCUT2D eigenvalue weighted by Crippen LogP contribution is 2.33. The quantitative estimate of drug-likeness (QED) is 0.884. The second kappa shape index (κ2) is 5.04. The van der Waals surface area contributed by atoms with Crippen molar-refractivity contribution in [3.63, 3.8) is 0 Å². The number of rotatable bonds is 3. The van der Waals surface area contributed by atoms with E-state index in [0.29, 0.717) is 10.9 Å². The maximum absolute atomic E-state index is 6.23. The summed E-state index contributed by atoms with van der Waals surface area (Å²) in [6, 6.07) is 5.47. The molecule has 4 heteroatoms. The lowest BCUT2D eigenvalue weighted by Gasteiger charge is -2.20. The summed E-state index contributed by atoms with van der Waals surface area (Å²) >= 11 is 5.98. The summed E-state index contributed by atoms with van der Waals surface area (Å²) in [7, 11) is 1.64. The summed E-state index contributed by atoms with van der Waals surface area (Å²) in [5.41, 5.74) is 7.19. The van der Waals surface area contributed by atoms with Crippen LogP contribution in [0, 0.1) is 5.92 Å². The van der Waals surface area contributed by atoms with Crippen molar-refractivity contribution in [2.75, 3.05) is 20.3 Å². The minimum atomic E-state index is -0.0730. The molecule has 1 fully saturated rings. The third kappa shape index (κ3) is 2.32. The molecule has 3 nitrogen and oxygen atoms in total. The van der Waals surface area contributed by atoms with Gasteiger partial charge in [-0.1, -0.05) is 11.6 Å². The monoisotopic (exact) mass is 241 g/mol. The molecular weight excluding hydrogens is 226 g/mol. The van der Waals surface area contributed by atoms with Gasteiger partial charge in [0.1, 0.15) is 5.75 Å². The van der Waals surface area contributed by atoms with Gasteiger partial charge in [0.25, 0.3) is 0 Å². The molecule has 0 radical (unpaired) electrons. The molecule has 0 aliphatic carbocycles. The highest BCUT2D eigenvalue weighted by Gasteiger charge is 2.26. The topological polar surface area (TPSA) is 44.5 Å². The normalized spacial score (nSPS) is 22.1. The predicted octanol–water partition coefficient (Wildman–Crippen LogP) is 2.38. The molecule has 16 heavy (non-hydrogen) atoms.